The molecule has 0 radical (unpaired) electrons. The van der Waals surface area contributed by atoms with Gasteiger partial charge in [-0.1, -0.05) is 42.8 Å². The van der Waals surface area contributed by atoms with E-state index < -0.39 is 0 Å². The van der Waals surface area contributed by atoms with Crippen LogP contribution in [0.5, 0.6) is 5.75 Å². The van der Waals surface area contributed by atoms with Crippen molar-refractivity contribution in [1.29, 1.82) is 0 Å². The van der Waals surface area contributed by atoms with Crippen molar-refractivity contribution in [3.8, 4) is 17.0 Å². The molecule has 0 unspecified atom stereocenters. The van der Waals surface area contributed by atoms with Gasteiger partial charge in [0.05, 0.1) is 24.7 Å². The molecule has 0 bridgehead atoms. The van der Waals surface area contributed by atoms with E-state index in [0.29, 0.717) is 36.9 Å². The summed E-state index contributed by atoms with van der Waals surface area (Å²) in [5, 5.41) is 0.679. The number of methoxy groups -OCH3 is 1. The minimum absolute atomic E-state index is 0.209. The zero-order chi connectivity index (χ0) is 22.9. The van der Waals surface area contributed by atoms with E-state index in [1.54, 1.807) is 19.5 Å². The smallest absolute Gasteiger partial charge is 0.311 e. The fraction of sp³-hybridized carbons (Fsp3) is 0.320. The van der Waals surface area contributed by atoms with Crippen LogP contribution in [-0.4, -0.2) is 36.2 Å². The summed E-state index contributed by atoms with van der Waals surface area (Å²) in [5.41, 5.74) is 3.72. The van der Waals surface area contributed by atoms with Crippen molar-refractivity contribution in [3.05, 3.63) is 71.0 Å². The van der Waals surface area contributed by atoms with Crippen LogP contribution in [0, 0.1) is 6.92 Å². The number of carbonyl (C=O) groups excluding carboxylic acids is 1. The highest BCUT2D eigenvalue weighted by Crippen LogP contribution is 2.24. The number of halogens is 1. The Balaban J connectivity index is 1.81. The molecular weight excluding hydrogens is 426 g/mol. The van der Waals surface area contributed by atoms with E-state index in [9.17, 15) is 4.79 Å². The molecule has 7 heteroatoms. The van der Waals surface area contributed by atoms with E-state index in [2.05, 4.69) is 9.88 Å². The fourth-order valence-electron chi connectivity index (χ4n) is 3.27. The Morgan fingerprint density at radius 3 is 2.59 bits per heavy atom. The van der Waals surface area contributed by atoms with Gasteiger partial charge in [-0.25, -0.2) is 4.98 Å². The largest absolute Gasteiger partial charge is 0.426 e. The quantitative estimate of drug-likeness (QED) is 0.300. The van der Waals surface area contributed by atoms with Crippen molar-refractivity contribution >= 4 is 23.4 Å². The van der Waals surface area contributed by atoms with Crippen molar-refractivity contribution in [2.24, 2.45) is 0 Å². The highest BCUT2D eigenvalue weighted by Gasteiger charge is 2.13. The maximum atomic E-state index is 11.8. The summed E-state index contributed by atoms with van der Waals surface area (Å²) in [6.07, 6.45) is 4.67. The van der Waals surface area contributed by atoms with Gasteiger partial charge in [-0.05, 0) is 42.7 Å². The number of carbonyl (C=O) groups is 1. The molecular formula is C25H28ClN3O3. The molecule has 0 atom stereocenters. The van der Waals surface area contributed by atoms with Gasteiger partial charge in [0.15, 0.2) is 0 Å². The molecule has 32 heavy (non-hydrogen) atoms. The van der Waals surface area contributed by atoms with E-state index in [1.807, 2.05) is 56.3 Å². The Hall–Kier alpha value is -2.96. The molecule has 0 aliphatic heterocycles. The summed E-state index contributed by atoms with van der Waals surface area (Å²) >= 11 is 6.01. The van der Waals surface area contributed by atoms with Crippen LogP contribution in [0.1, 0.15) is 30.9 Å². The van der Waals surface area contributed by atoms with Crippen LogP contribution in [-0.2, 0) is 16.1 Å². The molecule has 0 saturated heterocycles. The molecule has 1 heterocycles. The van der Waals surface area contributed by atoms with Crippen molar-refractivity contribution in [2.75, 3.05) is 25.2 Å². The van der Waals surface area contributed by atoms with E-state index in [4.69, 9.17) is 26.1 Å². The first kappa shape index (κ1) is 23.7. The minimum Gasteiger partial charge on any atom is -0.426 e. The number of ether oxygens (including phenoxy) is 2. The molecule has 3 aromatic rings. The van der Waals surface area contributed by atoms with Crippen LogP contribution in [0.3, 0.4) is 0 Å². The van der Waals surface area contributed by atoms with E-state index in [0.717, 1.165) is 34.6 Å². The van der Waals surface area contributed by atoms with Crippen LogP contribution in [0.15, 0.2) is 54.9 Å². The Bertz CT molecular complexity index is 1040. The second-order valence-corrected chi connectivity index (χ2v) is 7.94. The molecule has 0 fully saturated rings. The number of hydrogen-bond acceptors (Lipinski definition) is 6. The lowest BCUT2D eigenvalue weighted by Crippen LogP contribution is -2.28. The minimum atomic E-state index is -0.209. The van der Waals surface area contributed by atoms with Crippen LogP contribution >= 0.6 is 11.6 Å². The highest BCUT2D eigenvalue weighted by atomic mass is 35.5. The molecule has 2 aromatic carbocycles. The molecule has 0 amide bonds. The number of hydrogen-bond donors (Lipinski definition) is 0. The molecule has 3 rings (SSSR count). The molecule has 0 spiro atoms. The van der Waals surface area contributed by atoms with Gasteiger partial charge in [-0.3, -0.25) is 9.78 Å². The van der Waals surface area contributed by atoms with Gasteiger partial charge >= 0.3 is 5.97 Å². The maximum Gasteiger partial charge on any atom is 0.311 e. The van der Waals surface area contributed by atoms with E-state index >= 15 is 0 Å². The van der Waals surface area contributed by atoms with Gasteiger partial charge in [-0.2, -0.15) is 0 Å². The van der Waals surface area contributed by atoms with Crippen molar-refractivity contribution in [3.63, 3.8) is 0 Å². The van der Waals surface area contributed by atoms with Crippen LogP contribution < -0.4 is 9.64 Å². The number of esters is 1. The van der Waals surface area contributed by atoms with Gasteiger partial charge in [0.1, 0.15) is 11.6 Å². The number of benzene rings is 2. The second kappa shape index (κ2) is 11.6. The van der Waals surface area contributed by atoms with Crippen LogP contribution in [0.25, 0.3) is 11.3 Å². The highest BCUT2D eigenvalue weighted by molar-refractivity contribution is 6.30. The number of anilines is 1. The second-order valence-electron chi connectivity index (χ2n) is 7.51. The van der Waals surface area contributed by atoms with Gasteiger partial charge in [0.2, 0.25) is 0 Å². The number of rotatable bonds is 10. The van der Waals surface area contributed by atoms with Gasteiger partial charge in [0, 0.05) is 37.2 Å². The molecule has 0 aliphatic carbocycles. The maximum absolute atomic E-state index is 11.8. The van der Waals surface area contributed by atoms with Crippen LogP contribution in [0.2, 0.25) is 5.02 Å². The molecule has 0 aliphatic rings. The first-order chi connectivity index (χ1) is 15.5. The third kappa shape index (κ3) is 6.52. The molecule has 1 aromatic heterocycles. The third-order valence-corrected chi connectivity index (χ3v) is 5.19. The Morgan fingerprint density at radius 1 is 1.12 bits per heavy atom. The van der Waals surface area contributed by atoms with Crippen molar-refractivity contribution < 1.29 is 14.3 Å². The summed E-state index contributed by atoms with van der Waals surface area (Å²) in [5.74, 6) is 1.14. The first-order valence-corrected chi connectivity index (χ1v) is 11.0. The zero-order valence-electron chi connectivity index (χ0n) is 18.7. The summed E-state index contributed by atoms with van der Waals surface area (Å²) in [6, 6.07) is 13.4. The predicted octanol–water partition coefficient (Wildman–Crippen LogP) is 5.46. The number of aromatic nitrogens is 2. The normalized spacial score (nSPS) is 10.8. The lowest BCUT2D eigenvalue weighted by molar-refractivity contribution is -0.134. The average Bonchev–Trinajstić information content (AvgIpc) is 2.79. The first-order valence-electron chi connectivity index (χ1n) is 10.6. The monoisotopic (exact) mass is 453 g/mol. The SMILES string of the molecule is CCCC(=O)Oc1ccc(CN(CCOC)c2cncc(-c3ccc(Cl)cc3)n2)cc1C. The summed E-state index contributed by atoms with van der Waals surface area (Å²) in [7, 11) is 1.68. The topological polar surface area (TPSA) is 64.5 Å². The lowest BCUT2D eigenvalue weighted by Gasteiger charge is -2.24. The summed E-state index contributed by atoms with van der Waals surface area (Å²) in [6.45, 7) is 5.72. The molecule has 0 saturated carbocycles. The molecule has 6 nitrogen and oxygen atoms in total. The van der Waals surface area contributed by atoms with Gasteiger partial charge in [0.25, 0.3) is 0 Å². The molecule has 168 valence electrons. The Morgan fingerprint density at radius 2 is 1.91 bits per heavy atom. The van der Waals surface area contributed by atoms with Gasteiger partial charge in [-0.15, -0.1) is 0 Å². The lowest BCUT2D eigenvalue weighted by atomic mass is 10.1. The standard InChI is InChI=1S/C25H28ClN3O3/c1-4-5-25(30)32-23-11-6-19(14-18(23)2)17-29(12-13-31-3)24-16-27-15-22(28-24)20-7-9-21(26)10-8-20/h6-11,14-16H,4-5,12-13,17H2,1-3H3. The Labute approximate surface area is 194 Å². The summed E-state index contributed by atoms with van der Waals surface area (Å²) in [4.78, 5) is 23.2. The average molecular weight is 454 g/mol. The number of nitrogens with zero attached hydrogens (tertiary/aromatic N) is 3. The van der Waals surface area contributed by atoms with Gasteiger partial charge < -0.3 is 14.4 Å². The number of aryl methyl sites for hydroxylation is 1. The molecule has 0 N–H and O–H groups in total. The third-order valence-electron chi connectivity index (χ3n) is 4.94. The van der Waals surface area contributed by atoms with E-state index in [1.165, 1.54) is 0 Å². The predicted molar refractivity (Wildman–Crippen MR) is 127 cm³/mol. The van der Waals surface area contributed by atoms with Crippen LogP contribution in [0.4, 0.5) is 5.82 Å². The fourth-order valence-corrected chi connectivity index (χ4v) is 3.39. The van der Waals surface area contributed by atoms with E-state index in [-0.39, 0.29) is 5.97 Å². The van der Waals surface area contributed by atoms with Crippen molar-refractivity contribution in [2.45, 2.75) is 33.2 Å². The van der Waals surface area contributed by atoms with Crippen molar-refractivity contribution in [1.82, 2.24) is 9.97 Å². The summed E-state index contributed by atoms with van der Waals surface area (Å²) < 4.78 is 10.8. The Kier molecular flexibility index (Phi) is 8.59. The zero-order valence-corrected chi connectivity index (χ0v) is 19.4.